The maximum absolute atomic E-state index is 11.5. The maximum Gasteiger partial charge on any atom is 0.305 e. The monoisotopic (exact) mass is 416 g/mol. The molecule has 0 unspecified atom stereocenters. The molecule has 0 radical (unpaired) electrons. The van der Waals surface area contributed by atoms with Crippen molar-refractivity contribution < 1.29 is 23.7 Å². The van der Waals surface area contributed by atoms with Crippen molar-refractivity contribution in [3.05, 3.63) is 0 Å². The van der Waals surface area contributed by atoms with E-state index in [0.717, 1.165) is 32.3 Å². The van der Waals surface area contributed by atoms with Gasteiger partial charge in [-0.05, 0) is 19.3 Å². The molecule has 0 aliphatic rings. The van der Waals surface area contributed by atoms with E-state index in [-0.39, 0.29) is 5.97 Å². The number of carbonyl (C=O) groups is 1. The van der Waals surface area contributed by atoms with Gasteiger partial charge in [0.15, 0.2) is 0 Å². The zero-order valence-corrected chi connectivity index (χ0v) is 19.4. The summed E-state index contributed by atoms with van der Waals surface area (Å²) in [5.41, 5.74) is 0. The first-order valence-electron chi connectivity index (χ1n) is 12.2. The van der Waals surface area contributed by atoms with Crippen LogP contribution < -0.4 is 0 Å². The molecule has 0 aromatic carbocycles. The molecule has 0 bridgehead atoms. The summed E-state index contributed by atoms with van der Waals surface area (Å²) in [5, 5.41) is 0. The molecule has 0 saturated heterocycles. The van der Waals surface area contributed by atoms with E-state index in [1.165, 1.54) is 51.4 Å². The Morgan fingerprint density at radius 2 is 0.897 bits per heavy atom. The van der Waals surface area contributed by atoms with Crippen molar-refractivity contribution in [2.75, 3.05) is 46.2 Å². The highest BCUT2D eigenvalue weighted by Gasteiger charge is 2.02. The normalized spacial score (nSPS) is 11.1. The lowest BCUT2D eigenvalue weighted by Crippen LogP contribution is -2.11. The van der Waals surface area contributed by atoms with E-state index in [9.17, 15) is 4.79 Å². The first-order chi connectivity index (χ1) is 14.3. The number of carbonyl (C=O) groups excluding carboxylic acids is 1. The van der Waals surface area contributed by atoms with E-state index in [1.807, 2.05) is 0 Å². The number of hydrogen-bond acceptors (Lipinski definition) is 5. The minimum atomic E-state index is -0.120. The smallest absolute Gasteiger partial charge is 0.305 e. The standard InChI is InChI=1S/C24H48O5/c1-3-5-7-8-9-10-11-12-14-17-26-20-22-28-23-21-27-18-15-16-24(25)29-19-13-6-4-2/h3-23H2,1-2H3. The quantitative estimate of drug-likeness (QED) is 0.141. The van der Waals surface area contributed by atoms with Crippen LogP contribution in [0.4, 0.5) is 0 Å². The Morgan fingerprint density at radius 3 is 1.48 bits per heavy atom. The highest BCUT2D eigenvalue weighted by Crippen LogP contribution is 2.09. The summed E-state index contributed by atoms with van der Waals surface area (Å²) in [7, 11) is 0. The van der Waals surface area contributed by atoms with Crippen LogP contribution in [0.1, 0.15) is 104 Å². The molecule has 0 aliphatic heterocycles. The van der Waals surface area contributed by atoms with Crippen LogP contribution >= 0.6 is 0 Å². The van der Waals surface area contributed by atoms with Gasteiger partial charge in [0, 0.05) is 19.6 Å². The number of unbranched alkanes of at least 4 members (excludes halogenated alkanes) is 10. The van der Waals surface area contributed by atoms with Gasteiger partial charge in [-0.25, -0.2) is 0 Å². The van der Waals surface area contributed by atoms with E-state index in [4.69, 9.17) is 18.9 Å². The Morgan fingerprint density at radius 1 is 0.483 bits per heavy atom. The van der Waals surface area contributed by atoms with Crippen LogP contribution in [0.25, 0.3) is 0 Å². The third kappa shape index (κ3) is 25.3. The summed E-state index contributed by atoms with van der Waals surface area (Å²) in [6, 6.07) is 0. The van der Waals surface area contributed by atoms with Crippen LogP contribution in [0, 0.1) is 0 Å². The summed E-state index contributed by atoms with van der Waals surface area (Å²) in [5.74, 6) is -0.120. The van der Waals surface area contributed by atoms with E-state index < -0.39 is 0 Å². The molecule has 0 atom stereocenters. The maximum atomic E-state index is 11.5. The van der Waals surface area contributed by atoms with Gasteiger partial charge in [0.1, 0.15) is 0 Å². The molecule has 0 amide bonds. The summed E-state index contributed by atoms with van der Waals surface area (Å²) < 4.78 is 21.7. The number of hydrogen-bond donors (Lipinski definition) is 0. The van der Waals surface area contributed by atoms with Gasteiger partial charge < -0.3 is 18.9 Å². The third-order valence-electron chi connectivity index (χ3n) is 4.82. The fraction of sp³-hybridized carbons (Fsp3) is 0.958. The van der Waals surface area contributed by atoms with Crippen molar-refractivity contribution in [3.8, 4) is 0 Å². The van der Waals surface area contributed by atoms with Gasteiger partial charge in [0.2, 0.25) is 0 Å². The first-order valence-corrected chi connectivity index (χ1v) is 12.2. The van der Waals surface area contributed by atoms with Gasteiger partial charge in [-0.3, -0.25) is 4.79 Å². The second-order valence-corrected chi connectivity index (χ2v) is 7.70. The van der Waals surface area contributed by atoms with Crippen molar-refractivity contribution in [2.24, 2.45) is 0 Å². The molecule has 174 valence electrons. The molecule has 0 fully saturated rings. The van der Waals surface area contributed by atoms with Crippen LogP contribution in [0.5, 0.6) is 0 Å². The van der Waals surface area contributed by atoms with Gasteiger partial charge in [-0.2, -0.15) is 0 Å². The Bertz CT molecular complexity index is 322. The van der Waals surface area contributed by atoms with Crippen molar-refractivity contribution in [3.63, 3.8) is 0 Å². The van der Waals surface area contributed by atoms with Crippen LogP contribution in [-0.4, -0.2) is 52.2 Å². The minimum Gasteiger partial charge on any atom is -0.466 e. The highest BCUT2D eigenvalue weighted by atomic mass is 16.5. The predicted molar refractivity (Wildman–Crippen MR) is 119 cm³/mol. The average Bonchev–Trinajstić information content (AvgIpc) is 2.73. The van der Waals surface area contributed by atoms with Gasteiger partial charge >= 0.3 is 5.97 Å². The first kappa shape index (κ1) is 28.4. The largest absolute Gasteiger partial charge is 0.466 e. The van der Waals surface area contributed by atoms with Crippen molar-refractivity contribution >= 4 is 5.97 Å². The van der Waals surface area contributed by atoms with Crippen molar-refractivity contribution in [1.29, 1.82) is 0 Å². The fourth-order valence-corrected chi connectivity index (χ4v) is 2.99. The number of esters is 1. The molecular formula is C24H48O5. The summed E-state index contributed by atoms with van der Waals surface area (Å²) in [6.45, 7) is 8.75. The van der Waals surface area contributed by atoms with E-state index in [0.29, 0.717) is 52.5 Å². The van der Waals surface area contributed by atoms with Gasteiger partial charge in [-0.15, -0.1) is 0 Å². The Labute approximate surface area is 180 Å². The second kappa shape index (κ2) is 25.4. The van der Waals surface area contributed by atoms with E-state index in [1.54, 1.807) is 0 Å². The van der Waals surface area contributed by atoms with Gasteiger partial charge in [0.05, 0.1) is 33.0 Å². The van der Waals surface area contributed by atoms with Crippen LogP contribution in [-0.2, 0) is 23.7 Å². The molecule has 0 aliphatic carbocycles. The average molecular weight is 417 g/mol. The van der Waals surface area contributed by atoms with Crippen LogP contribution in [0.2, 0.25) is 0 Å². The molecule has 0 aromatic rings. The van der Waals surface area contributed by atoms with Crippen molar-refractivity contribution in [1.82, 2.24) is 0 Å². The van der Waals surface area contributed by atoms with E-state index >= 15 is 0 Å². The molecule has 0 saturated carbocycles. The molecule has 0 heterocycles. The van der Waals surface area contributed by atoms with Gasteiger partial charge in [0.25, 0.3) is 0 Å². The minimum absolute atomic E-state index is 0.120. The lowest BCUT2D eigenvalue weighted by Gasteiger charge is -2.07. The number of ether oxygens (including phenoxy) is 4. The van der Waals surface area contributed by atoms with Gasteiger partial charge in [-0.1, -0.05) is 78.1 Å². The Balaban J connectivity index is 3.07. The molecule has 5 nitrogen and oxygen atoms in total. The Kier molecular flexibility index (Phi) is 24.8. The molecule has 0 rings (SSSR count). The molecule has 0 spiro atoms. The predicted octanol–water partition coefficient (Wildman–Crippen LogP) is 6.08. The summed E-state index contributed by atoms with van der Waals surface area (Å²) in [6.07, 6.45) is 16.4. The number of rotatable bonds is 24. The summed E-state index contributed by atoms with van der Waals surface area (Å²) in [4.78, 5) is 11.5. The lowest BCUT2D eigenvalue weighted by atomic mass is 10.1. The van der Waals surface area contributed by atoms with Crippen LogP contribution in [0.15, 0.2) is 0 Å². The zero-order chi connectivity index (χ0) is 21.3. The molecular weight excluding hydrogens is 368 g/mol. The molecule has 0 aromatic heterocycles. The lowest BCUT2D eigenvalue weighted by molar-refractivity contribution is -0.144. The van der Waals surface area contributed by atoms with Crippen LogP contribution in [0.3, 0.4) is 0 Å². The zero-order valence-electron chi connectivity index (χ0n) is 19.4. The SMILES string of the molecule is CCCCCCCCCCCOCCOCCOCCCC(=O)OCCCCC. The molecule has 0 N–H and O–H groups in total. The van der Waals surface area contributed by atoms with Crippen molar-refractivity contribution in [2.45, 2.75) is 104 Å². The third-order valence-corrected chi connectivity index (χ3v) is 4.82. The second-order valence-electron chi connectivity index (χ2n) is 7.70. The van der Waals surface area contributed by atoms with E-state index in [2.05, 4.69) is 13.8 Å². The molecule has 29 heavy (non-hydrogen) atoms. The highest BCUT2D eigenvalue weighted by molar-refractivity contribution is 5.69. The fourth-order valence-electron chi connectivity index (χ4n) is 2.99. The Hall–Kier alpha value is -0.650. The topological polar surface area (TPSA) is 54.0 Å². The molecule has 5 heteroatoms. The summed E-state index contributed by atoms with van der Waals surface area (Å²) >= 11 is 0.